The molecule has 1 aromatic carbocycles. The van der Waals surface area contributed by atoms with Crippen LogP contribution in [0.2, 0.25) is 0 Å². The fourth-order valence-corrected chi connectivity index (χ4v) is 3.13. The summed E-state index contributed by atoms with van der Waals surface area (Å²) in [5.74, 6) is 2.03. The number of rotatable bonds is 6. The Morgan fingerprint density at radius 1 is 1.15 bits per heavy atom. The molecule has 0 spiro atoms. The molecular formula is C18H21N5O3. The van der Waals surface area contributed by atoms with Gasteiger partial charge in [-0.25, -0.2) is 15.0 Å². The van der Waals surface area contributed by atoms with E-state index in [2.05, 4.69) is 20.3 Å². The van der Waals surface area contributed by atoms with E-state index in [-0.39, 0.29) is 6.10 Å². The number of aromatic nitrogens is 4. The molecule has 1 aliphatic rings. The highest BCUT2D eigenvalue weighted by molar-refractivity contribution is 5.85. The number of hydrogen-bond donors (Lipinski definition) is 1. The molecule has 0 bridgehead atoms. The van der Waals surface area contributed by atoms with Crippen LogP contribution in [0.15, 0.2) is 30.9 Å². The number of ether oxygens (including phenoxy) is 3. The summed E-state index contributed by atoms with van der Waals surface area (Å²) < 4.78 is 18.4. The van der Waals surface area contributed by atoms with Crippen molar-refractivity contribution < 1.29 is 14.2 Å². The van der Waals surface area contributed by atoms with Gasteiger partial charge in [0.25, 0.3) is 0 Å². The minimum Gasteiger partial charge on any atom is -0.497 e. The zero-order valence-corrected chi connectivity index (χ0v) is 14.8. The van der Waals surface area contributed by atoms with Crippen LogP contribution in [0.3, 0.4) is 0 Å². The Kier molecular flexibility index (Phi) is 4.57. The fraction of sp³-hybridized carbons (Fsp3) is 0.389. The summed E-state index contributed by atoms with van der Waals surface area (Å²) in [7, 11) is 3.24. The van der Waals surface area contributed by atoms with E-state index in [0.29, 0.717) is 22.8 Å². The first-order valence-electron chi connectivity index (χ1n) is 8.54. The molecular weight excluding hydrogens is 334 g/mol. The van der Waals surface area contributed by atoms with Gasteiger partial charge in [-0.15, -0.1) is 0 Å². The average Bonchev–Trinajstić information content (AvgIpc) is 3.32. The normalized spacial score (nSPS) is 16.8. The Morgan fingerprint density at radius 2 is 1.96 bits per heavy atom. The topological polar surface area (TPSA) is 83.3 Å². The van der Waals surface area contributed by atoms with Crippen LogP contribution >= 0.6 is 0 Å². The molecule has 1 atom stereocenters. The van der Waals surface area contributed by atoms with E-state index >= 15 is 0 Å². The van der Waals surface area contributed by atoms with E-state index in [1.807, 2.05) is 22.8 Å². The van der Waals surface area contributed by atoms with Crippen molar-refractivity contribution >= 4 is 22.7 Å². The van der Waals surface area contributed by atoms with Crippen molar-refractivity contribution in [3.8, 4) is 11.5 Å². The summed E-state index contributed by atoms with van der Waals surface area (Å²) in [6.07, 6.45) is 5.73. The van der Waals surface area contributed by atoms with Crippen molar-refractivity contribution in [3.05, 3.63) is 30.9 Å². The third kappa shape index (κ3) is 3.28. The highest BCUT2D eigenvalue weighted by Crippen LogP contribution is 2.29. The number of nitrogens with one attached hydrogen (secondary N) is 1. The maximum atomic E-state index is 5.72. The standard InChI is InChI=1S/C18H21N5O3/c1-24-14-6-12(7-15(8-14)25-2)22-17-16-18(20-10-19-17)23(11-21-16)9-13-4-3-5-26-13/h6-8,10-11,13H,3-5,9H2,1-2H3,(H,19,20,22). The van der Waals surface area contributed by atoms with Gasteiger partial charge in [0, 0.05) is 30.5 Å². The first-order chi connectivity index (χ1) is 12.8. The maximum absolute atomic E-state index is 5.72. The number of nitrogens with zero attached hydrogens (tertiary/aromatic N) is 4. The zero-order chi connectivity index (χ0) is 17.9. The molecule has 3 aromatic rings. The Bertz CT molecular complexity index is 883. The summed E-state index contributed by atoms with van der Waals surface area (Å²) in [4.78, 5) is 13.2. The summed E-state index contributed by atoms with van der Waals surface area (Å²) >= 11 is 0. The van der Waals surface area contributed by atoms with Crippen LogP contribution in [0.4, 0.5) is 11.5 Å². The maximum Gasteiger partial charge on any atom is 0.165 e. The predicted octanol–water partition coefficient (Wildman–Crippen LogP) is 2.77. The van der Waals surface area contributed by atoms with Gasteiger partial charge in [0.1, 0.15) is 17.8 Å². The number of anilines is 2. The van der Waals surface area contributed by atoms with Crippen molar-refractivity contribution in [2.24, 2.45) is 0 Å². The lowest BCUT2D eigenvalue weighted by Crippen LogP contribution is -2.14. The lowest BCUT2D eigenvalue weighted by Gasteiger charge is -2.11. The molecule has 0 aliphatic carbocycles. The molecule has 8 heteroatoms. The third-order valence-electron chi connectivity index (χ3n) is 4.44. The molecule has 26 heavy (non-hydrogen) atoms. The van der Waals surface area contributed by atoms with Gasteiger partial charge in [0.05, 0.1) is 33.2 Å². The van der Waals surface area contributed by atoms with Crippen LogP contribution in [0.1, 0.15) is 12.8 Å². The second-order valence-electron chi connectivity index (χ2n) is 6.15. The predicted molar refractivity (Wildman–Crippen MR) is 97.1 cm³/mol. The molecule has 1 unspecified atom stereocenters. The second-order valence-corrected chi connectivity index (χ2v) is 6.15. The largest absolute Gasteiger partial charge is 0.497 e. The molecule has 0 radical (unpaired) electrons. The SMILES string of the molecule is COc1cc(Nc2ncnc3c2ncn3CC2CCCO2)cc(OC)c1. The van der Waals surface area contributed by atoms with Gasteiger partial charge in [-0.05, 0) is 12.8 Å². The van der Waals surface area contributed by atoms with Crippen LogP contribution in [0, 0.1) is 0 Å². The Labute approximate surface area is 151 Å². The lowest BCUT2D eigenvalue weighted by molar-refractivity contribution is 0.0978. The fourth-order valence-electron chi connectivity index (χ4n) is 3.13. The molecule has 1 aliphatic heterocycles. The van der Waals surface area contributed by atoms with Gasteiger partial charge in [0.15, 0.2) is 17.0 Å². The average molecular weight is 355 g/mol. The van der Waals surface area contributed by atoms with Crippen molar-refractivity contribution in [1.29, 1.82) is 0 Å². The Hall–Kier alpha value is -2.87. The second kappa shape index (κ2) is 7.17. The zero-order valence-electron chi connectivity index (χ0n) is 14.8. The minimum absolute atomic E-state index is 0.224. The van der Waals surface area contributed by atoms with E-state index in [4.69, 9.17) is 14.2 Å². The molecule has 0 amide bonds. The molecule has 4 rings (SSSR count). The quantitative estimate of drug-likeness (QED) is 0.728. The van der Waals surface area contributed by atoms with Crippen LogP contribution in [0.25, 0.3) is 11.2 Å². The minimum atomic E-state index is 0.224. The van der Waals surface area contributed by atoms with Crippen LogP contribution in [-0.4, -0.2) is 46.4 Å². The molecule has 0 saturated carbocycles. The van der Waals surface area contributed by atoms with Crippen LogP contribution in [0.5, 0.6) is 11.5 Å². The Morgan fingerprint density at radius 3 is 2.65 bits per heavy atom. The van der Waals surface area contributed by atoms with Gasteiger partial charge >= 0.3 is 0 Å². The molecule has 136 valence electrons. The highest BCUT2D eigenvalue weighted by Gasteiger charge is 2.18. The van der Waals surface area contributed by atoms with E-state index in [0.717, 1.165) is 37.3 Å². The van der Waals surface area contributed by atoms with Crippen molar-refractivity contribution in [2.75, 3.05) is 26.1 Å². The van der Waals surface area contributed by atoms with Crippen LogP contribution in [-0.2, 0) is 11.3 Å². The number of hydrogen-bond acceptors (Lipinski definition) is 7. The first-order valence-corrected chi connectivity index (χ1v) is 8.54. The molecule has 1 fully saturated rings. The molecule has 2 aromatic heterocycles. The van der Waals surface area contributed by atoms with E-state index in [1.165, 1.54) is 6.33 Å². The van der Waals surface area contributed by atoms with E-state index < -0.39 is 0 Å². The highest BCUT2D eigenvalue weighted by atomic mass is 16.5. The summed E-state index contributed by atoms with van der Waals surface area (Å²) in [5, 5.41) is 3.29. The van der Waals surface area contributed by atoms with E-state index in [1.54, 1.807) is 20.5 Å². The summed E-state index contributed by atoms with van der Waals surface area (Å²) in [6, 6.07) is 5.57. The van der Waals surface area contributed by atoms with Crippen molar-refractivity contribution in [1.82, 2.24) is 19.5 Å². The number of imidazole rings is 1. The van der Waals surface area contributed by atoms with Gasteiger partial charge in [0.2, 0.25) is 0 Å². The number of benzene rings is 1. The Balaban J connectivity index is 1.64. The summed E-state index contributed by atoms with van der Waals surface area (Å²) in [5.41, 5.74) is 2.30. The molecule has 1 N–H and O–H groups in total. The molecule has 3 heterocycles. The molecule has 8 nitrogen and oxygen atoms in total. The number of methoxy groups -OCH3 is 2. The van der Waals surface area contributed by atoms with Crippen molar-refractivity contribution in [3.63, 3.8) is 0 Å². The third-order valence-corrected chi connectivity index (χ3v) is 4.44. The lowest BCUT2D eigenvalue weighted by atomic mass is 10.2. The van der Waals surface area contributed by atoms with Gasteiger partial charge in [-0.1, -0.05) is 0 Å². The van der Waals surface area contributed by atoms with Gasteiger partial charge in [-0.3, -0.25) is 0 Å². The molecule has 1 saturated heterocycles. The van der Waals surface area contributed by atoms with Gasteiger partial charge < -0.3 is 24.1 Å². The summed E-state index contributed by atoms with van der Waals surface area (Å²) in [6.45, 7) is 1.58. The first kappa shape index (κ1) is 16.6. The smallest absolute Gasteiger partial charge is 0.165 e. The van der Waals surface area contributed by atoms with E-state index in [9.17, 15) is 0 Å². The van der Waals surface area contributed by atoms with Crippen molar-refractivity contribution in [2.45, 2.75) is 25.5 Å². The van der Waals surface area contributed by atoms with Gasteiger partial charge in [-0.2, -0.15) is 0 Å². The number of fused-ring (bicyclic) bond motifs is 1. The monoisotopic (exact) mass is 355 g/mol. The van der Waals surface area contributed by atoms with Crippen LogP contribution < -0.4 is 14.8 Å².